The van der Waals surface area contributed by atoms with Gasteiger partial charge in [0.1, 0.15) is 0 Å². The van der Waals surface area contributed by atoms with Crippen LogP contribution in [0.1, 0.15) is 40.0 Å². The standard InChI is InChI=1S/C14H27NO4S/c1-11(2)20(18,19)8-7-15-6-4-5-13(10-15)12(3)9-14(16)17/h11-13H,4-10H2,1-3H3,(H,16,17). The molecule has 0 spiro atoms. The van der Waals surface area contributed by atoms with E-state index in [2.05, 4.69) is 4.90 Å². The molecule has 5 nitrogen and oxygen atoms in total. The molecule has 0 saturated carbocycles. The van der Waals surface area contributed by atoms with Crippen molar-refractivity contribution >= 4 is 15.8 Å². The molecule has 1 heterocycles. The highest BCUT2D eigenvalue weighted by Crippen LogP contribution is 2.26. The molecule has 1 fully saturated rings. The Labute approximate surface area is 122 Å². The number of nitrogens with zero attached hydrogens (tertiary/aromatic N) is 1. The molecular formula is C14H27NO4S. The summed E-state index contributed by atoms with van der Waals surface area (Å²) in [6, 6.07) is 0. The number of likely N-dealkylation sites (tertiary alicyclic amines) is 1. The second-order valence-electron chi connectivity index (χ2n) is 6.19. The number of carboxylic acids is 1. The summed E-state index contributed by atoms with van der Waals surface area (Å²) >= 11 is 0. The van der Waals surface area contributed by atoms with Gasteiger partial charge in [-0.2, -0.15) is 0 Å². The van der Waals surface area contributed by atoms with Gasteiger partial charge >= 0.3 is 5.97 Å². The fourth-order valence-electron chi connectivity index (χ4n) is 2.69. The Morgan fingerprint density at radius 1 is 1.35 bits per heavy atom. The number of rotatable bonds is 7. The van der Waals surface area contributed by atoms with Crippen molar-refractivity contribution in [3.63, 3.8) is 0 Å². The van der Waals surface area contributed by atoms with Gasteiger partial charge in [0.15, 0.2) is 9.84 Å². The van der Waals surface area contributed by atoms with Crippen molar-refractivity contribution in [2.24, 2.45) is 11.8 Å². The molecule has 0 aromatic rings. The zero-order valence-electron chi connectivity index (χ0n) is 12.7. The van der Waals surface area contributed by atoms with Crippen LogP contribution in [-0.4, -0.2) is 55.0 Å². The Bertz CT molecular complexity index is 419. The number of hydrogen-bond donors (Lipinski definition) is 1. The van der Waals surface area contributed by atoms with Gasteiger partial charge in [0, 0.05) is 19.5 Å². The molecule has 2 atom stereocenters. The molecule has 20 heavy (non-hydrogen) atoms. The van der Waals surface area contributed by atoms with Gasteiger partial charge in [-0.25, -0.2) is 8.42 Å². The summed E-state index contributed by atoms with van der Waals surface area (Å²) in [5.74, 6) is -0.0411. The molecule has 1 rings (SSSR count). The maximum atomic E-state index is 11.8. The molecule has 1 N–H and O–H groups in total. The van der Waals surface area contributed by atoms with E-state index in [0.29, 0.717) is 12.5 Å². The zero-order valence-corrected chi connectivity index (χ0v) is 13.5. The van der Waals surface area contributed by atoms with Crippen LogP contribution in [0, 0.1) is 11.8 Å². The third kappa shape index (κ3) is 5.40. The van der Waals surface area contributed by atoms with Crippen LogP contribution in [0.25, 0.3) is 0 Å². The van der Waals surface area contributed by atoms with Gasteiger partial charge in [-0.3, -0.25) is 4.79 Å². The quantitative estimate of drug-likeness (QED) is 0.774. The van der Waals surface area contributed by atoms with E-state index in [0.717, 1.165) is 25.9 Å². The average molecular weight is 305 g/mol. The average Bonchev–Trinajstić information content (AvgIpc) is 2.36. The van der Waals surface area contributed by atoms with Crippen molar-refractivity contribution in [2.75, 3.05) is 25.4 Å². The first-order valence-electron chi connectivity index (χ1n) is 7.38. The lowest BCUT2D eigenvalue weighted by molar-refractivity contribution is -0.138. The SMILES string of the molecule is CC(CC(=O)O)C1CCCN(CCS(=O)(=O)C(C)C)C1. The number of aliphatic carboxylic acids is 1. The molecule has 0 aromatic heterocycles. The van der Waals surface area contributed by atoms with E-state index >= 15 is 0 Å². The van der Waals surface area contributed by atoms with Crippen LogP contribution in [-0.2, 0) is 14.6 Å². The van der Waals surface area contributed by atoms with Gasteiger partial charge in [-0.1, -0.05) is 6.92 Å². The first-order chi connectivity index (χ1) is 9.22. The molecule has 2 unspecified atom stereocenters. The smallest absolute Gasteiger partial charge is 0.303 e. The summed E-state index contributed by atoms with van der Waals surface area (Å²) in [5, 5.41) is 8.53. The van der Waals surface area contributed by atoms with Crippen molar-refractivity contribution in [2.45, 2.75) is 45.3 Å². The summed E-state index contributed by atoms with van der Waals surface area (Å²) in [6.45, 7) is 7.71. The van der Waals surface area contributed by atoms with Gasteiger partial charge in [0.25, 0.3) is 0 Å². The Morgan fingerprint density at radius 3 is 2.55 bits per heavy atom. The maximum absolute atomic E-state index is 11.8. The summed E-state index contributed by atoms with van der Waals surface area (Å²) in [7, 11) is -2.99. The molecule has 0 radical (unpaired) electrons. The molecule has 0 aromatic carbocycles. The van der Waals surface area contributed by atoms with Gasteiger partial charge in [-0.15, -0.1) is 0 Å². The van der Waals surface area contributed by atoms with Crippen molar-refractivity contribution < 1.29 is 18.3 Å². The van der Waals surface area contributed by atoms with E-state index in [9.17, 15) is 13.2 Å². The third-order valence-corrected chi connectivity index (χ3v) is 6.44. The van der Waals surface area contributed by atoms with Crippen LogP contribution in [0.2, 0.25) is 0 Å². The molecule has 0 bridgehead atoms. The lowest BCUT2D eigenvalue weighted by atomic mass is 9.85. The number of carboxylic acid groups (broad SMARTS) is 1. The number of carbonyl (C=O) groups is 1. The Morgan fingerprint density at radius 2 is 2.00 bits per heavy atom. The van der Waals surface area contributed by atoms with E-state index in [-0.39, 0.29) is 23.3 Å². The van der Waals surface area contributed by atoms with Crippen LogP contribution in [0.4, 0.5) is 0 Å². The topological polar surface area (TPSA) is 74.7 Å². The van der Waals surface area contributed by atoms with Crippen molar-refractivity contribution in [3.05, 3.63) is 0 Å². The number of hydrogen-bond acceptors (Lipinski definition) is 4. The minimum atomic E-state index is -2.99. The molecule has 0 amide bonds. The number of piperidine rings is 1. The molecule has 1 aliphatic rings. The lowest BCUT2D eigenvalue weighted by Gasteiger charge is -2.35. The molecule has 6 heteroatoms. The predicted molar refractivity (Wildman–Crippen MR) is 79.5 cm³/mol. The van der Waals surface area contributed by atoms with E-state index < -0.39 is 15.8 Å². The van der Waals surface area contributed by atoms with Crippen LogP contribution in [0.5, 0.6) is 0 Å². The second kappa shape index (κ2) is 7.41. The highest BCUT2D eigenvalue weighted by atomic mass is 32.2. The fraction of sp³-hybridized carbons (Fsp3) is 0.929. The van der Waals surface area contributed by atoms with Crippen LogP contribution in [0.3, 0.4) is 0 Å². The van der Waals surface area contributed by atoms with Crippen LogP contribution >= 0.6 is 0 Å². The summed E-state index contributed by atoms with van der Waals surface area (Å²) in [4.78, 5) is 12.9. The summed E-state index contributed by atoms with van der Waals surface area (Å²) < 4.78 is 23.7. The van der Waals surface area contributed by atoms with E-state index in [4.69, 9.17) is 5.11 Å². The fourth-order valence-corrected chi connectivity index (χ4v) is 3.68. The van der Waals surface area contributed by atoms with Gasteiger partial charge in [-0.05, 0) is 45.1 Å². The highest BCUT2D eigenvalue weighted by Gasteiger charge is 2.27. The minimum Gasteiger partial charge on any atom is -0.481 e. The first kappa shape index (κ1) is 17.4. The first-order valence-corrected chi connectivity index (χ1v) is 9.09. The van der Waals surface area contributed by atoms with Gasteiger partial charge in [0.2, 0.25) is 0 Å². The van der Waals surface area contributed by atoms with Crippen molar-refractivity contribution in [1.82, 2.24) is 4.90 Å². The molecular weight excluding hydrogens is 278 g/mol. The monoisotopic (exact) mass is 305 g/mol. The number of sulfone groups is 1. The van der Waals surface area contributed by atoms with Gasteiger partial charge < -0.3 is 10.0 Å². The van der Waals surface area contributed by atoms with Crippen LogP contribution in [0.15, 0.2) is 0 Å². The Hall–Kier alpha value is -0.620. The second-order valence-corrected chi connectivity index (χ2v) is 8.87. The zero-order chi connectivity index (χ0) is 15.3. The minimum absolute atomic E-state index is 0.150. The molecule has 118 valence electrons. The molecule has 1 aliphatic heterocycles. The summed E-state index contributed by atoms with van der Waals surface area (Å²) in [6.07, 6.45) is 2.26. The van der Waals surface area contributed by atoms with Gasteiger partial charge in [0.05, 0.1) is 11.0 Å². The van der Waals surface area contributed by atoms with Crippen molar-refractivity contribution in [3.8, 4) is 0 Å². The Kier molecular flexibility index (Phi) is 6.45. The lowest BCUT2D eigenvalue weighted by Crippen LogP contribution is -2.41. The Balaban J connectivity index is 2.47. The largest absolute Gasteiger partial charge is 0.481 e. The maximum Gasteiger partial charge on any atom is 0.303 e. The molecule has 1 saturated heterocycles. The normalized spacial score (nSPS) is 22.9. The highest BCUT2D eigenvalue weighted by molar-refractivity contribution is 7.92. The predicted octanol–water partition coefficient (Wildman–Crippen LogP) is 1.63. The third-order valence-electron chi connectivity index (χ3n) is 4.25. The molecule has 0 aliphatic carbocycles. The van der Waals surface area contributed by atoms with E-state index in [1.807, 2.05) is 6.92 Å². The van der Waals surface area contributed by atoms with Crippen molar-refractivity contribution in [1.29, 1.82) is 0 Å². The van der Waals surface area contributed by atoms with Crippen LogP contribution < -0.4 is 0 Å². The van der Waals surface area contributed by atoms with E-state index in [1.54, 1.807) is 13.8 Å². The summed E-state index contributed by atoms with van der Waals surface area (Å²) in [5.41, 5.74) is 0. The van der Waals surface area contributed by atoms with E-state index in [1.165, 1.54) is 0 Å².